The number of nitrogens with zero attached hydrogens (tertiary/aromatic N) is 5. The van der Waals surface area contributed by atoms with Crippen LogP contribution >= 0.6 is 0 Å². The van der Waals surface area contributed by atoms with Crippen LogP contribution in [0.4, 0.5) is 15.9 Å². The van der Waals surface area contributed by atoms with E-state index in [9.17, 15) is 9.18 Å². The lowest BCUT2D eigenvalue weighted by molar-refractivity contribution is 0.0115. The van der Waals surface area contributed by atoms with Gasteiger partial charge in [-0.2, -0.15) is 9.65 Å². The van der Waals surface area contributed by atoms with Gasteiger partial charge in [0.15, 0.2) is 0 Å². The Bertz CT molecular complexity index is 1140. The molecule has 1 N–H and O–H groups in total. The second-order valence-corrected chi connectivity index (χ2v) is 7.49. The van der Waals surface area contributed by atoms with Gasteiger partial charge in [0.2, 0.25) is 0 Å². The predicted molar refractivity (Wildman–Crippen MR) is 117 cm³/mol. The normalized spacial score (nSPS) is 15.0. The number of rotatable bonds is 6. The van der Waals surface area contributed by atoms with Gasteiger partial charge in [-0.3, -0.25) is 14.8 Å². The van der Waals surface area contributed by atoms with Gasteiger partial charge in [0.1, 0.15) is 17.6 Å². The van der Waals surface area contributed by atoms with Crippen LogP contribution in [-0.4, -0.2) is 39.8 Å². The summed E-state index contributed by atoms with van der Waals surface area (Å²) >= 11 is 0. The van der Waals surface area contributed by atoms with E-state index < -0.39 is 5.85 Å². The lowest BCUT2D eigenvalue weighted by atomic mass is 10.1. The largest absolute Gasteiger partial charge is 0.446 e. The Morgan fingerprint density at radius 1 is 1.19 bits per heavy atom. The third kappa shape index (κ3) is 4.81. The van der Waals surface area contributed by atoms with Crippen LogP contribution in [-0.2, 0) is 0 Å². The predicted octanol–water partition coefficient (Wildman–Crippen LogP) is 3.98. The molecule has 3 aromatic rings. The second-order valence-electron chi connectivity index (χ2n) is 7.49. The number of nitriles is 1. The zero-order chi connectivity index (χ0) is 22.6. The van der Waals surface area contributed by atoms with Gasteiger partial charge in [-0.15, -0.1) is 0 Å². The van der Waals surface area contributed by atoms with E-state index in [0.717, 1.165) is 44.2 Å². The van der Waals surface area contributed by atoms with Gasteiger partial charge in [0, 0.05) is 49.9 Å². The molecule has 0 bridgehead atoms. The van der Waals surface area contributed by atoms with E-state index in [1.807, 2.05) is 0 Å². The first-order chi connectivity index (χ1) is 15.4. The van der Waals surface area contributed by atoms with Crippen LogP contribution in [0.5, 0.6) is 5.75 Å². The third-order valence-electron chi connectivity index (χ3n) is 4.99. The van der Waals surface area contributed by atoms with Crippen molar-refractivity contribution in [2.24, 2.45) is 0 Å². The van der Waals surface area contributed by atoms with E-state index in [1.54, 1.807) is 43.0 Å². The van der Waals surface area contributed by atoms with Crippen LogP contribution in [0.1, 0.15) is 30.1 Å². The number of amides is 1. The number of hydrogen-bond acceptors (Lipinski definition) is 7. The van der Waals surface area contributed by atoms with E-state index in [1.165, 1.54) is 18.2 Å². The van der Waals surface area contributed by atoms with Crippen molar-refractivity contribution in [2.75, 3.05) is 23.3 Å². The number of anilines is 2. The first-order valence-electron chi connectivity index (χ1n) is 10.2. The molecule has 1 aromatic carbocycles. The van der Waals surface area contributed by atoms with Gasteiger partial charge >= 0.3 is 5.85 Å². The summed E-state index contributed by atoms with van der Waals surface area (Å²) in [7, 11) is 0. The molecule has 1 atom stereocenters. The first kappa shape index (κ1) is 21.2. The number of pyridine rings is 1. The van der Waals surface area contributed by atoms with Crippen molar-refractivity contribution >= 4 is 17.4 Å². The van der Waals surface area contributed by atoms with Crippen LogP contribution in [0.2, 0.25) is 0 Å². The molecular weight excluding hydrogens is 411 g/mol. The van der Waals surface area contributed by atoms with E-state index in [-0.39, 0.29) is 11.7 Å². The molecule has 1 aliphatic rings. The Kier molecular flexibility index (Phi) is 5.94. The summed E-state index contributed by atoms with van der Waals surface area (Å²) in [6, 6.07) is 9.27. The third-order valence-corrected chi connectivity index (χ3v) is 4.99. The smallest absolute Gasteiger partial charge is 0.333 e. The molecule has 0 saturated carbocycles. The number of halogens is 1. The standard InChI is InChI=1S/C23H21FN6O2/c1-23(24,15-25)32-18-6-4-17(5-7-18)29-22(31)16-12-19(20-14-26-8-9-27-20)21(28-13-16)30-10-2-3-11-30/h4-9,12-14H,2-3,10-11H2,1H3,(H,29,31). The molecule has 3 heterocycles. The van der Waals surface area contributed by atoms with Crippen LogP contribution in [0.3, 0.4) is 0 Å². The summed E-state index contributed by atoms with van der Waals surface area (Å²) in [6.07, 6.45) is 8.59. The van der Waals surface area contributed by atoms with Crippen molar-refractivity contribution in [1.29, 1.82) is 5.26 Å². The number of nitrogens with one attached hydrogen (secondary N) is 1. The highest BCUT2D eigenvalue weighted by Crippen LogP contribution is 2.30. The molecule has 1 aliphatic heterocycles. The van der Waals surface area contributed by atoms with Crippen LogP contribution in [0, 0.1) is 11.3 Å². The number of benzene rings is 1. The van der Waals surface area contributed by atoms with Gasteiger partial charge in [-0.25, -0.2) is 4.98 Å². The number of carbonyl (C=O) groups is 1. The average Bonchev–Trinajstić information content (AvgIpc) is 3.35. The molecule has 0 aliphatic carbocycles. The molecule has 1 saturated heterocycles. The fourth-order valence-corrected chi connectivity index (χ4v) is 3.44. The second kappa shape index (κ2) is 8.98. The van der Waals surface area contributed by atoms with E-state index in [0.29, 0.717) is 16.9 Å². The van der Waals surface area contributed by atoms with Crippen LogP contribution < -0.4 is 15.0 Å². The molecule has 8 nitrogen and oxygen atoms in total. The van der Waals surface area contributed by atoms with Crippen LogP contribution in [0.15, 0.2) is 55.1 Å². The lowest BCUT2D eigenvalue weighted by Crippen LogP contribution is -2.23. The Morgan fingerprint density at radius 3 is 2.59 bits per heavy atom. The summed E-state index contributed by atoms with van der Waals surface area (Å²) < 4.78 is 18.6. The molecule has 4 rings (SSSR count). The molecular formula is C23H21FN6O2. The Hall–Kier alpha value is -4.06. The number of ether oxygens (including phenoxy) is 1. The molecule has 0 spiro atoms. The van der Waals surface area contributed by atoms with Gasteiger partial charge in [-0.05, 0) is 43.2 Å². The zero-order valence-corrected chi connectivity index (χ0v) is 17.5. The maximum Gasteiger partial charge on any atom is 0.333 e. The summed E-state index contributed by atoms with van der Waals surface area (Å²) in [4.78, 5) is 28.1. The SMILES string of the molecule is CC(F)(C#N)Oc1ccc(NC(=O)c2cnc(N3CCCC3)c(-c3cnccn3)c2)cc1. The molecule has 0 radical (unpaired) electrons. The Balaban J connectivity index is 1.56. The quantitative estimate of drug-likeness (QED) is 0.628. The molecule has 2 aromatic heterocycles. The summed E-state index contributed by atoms with van der Waals surface area (Å²) in [5, 5.41) is 11.5. The fourth-order valence-electron chi connectivity index (χ4n) is 3.44. The molecule has 1 unspecified atom stereocenters. The number of aromatic nitrogens is 3. The molecule has 1 fully saturated rings. The van der Waals surface area contributed by atoms with Crippen LogP contribution in [0.25, 0.3) is 11.3 Å². The summed E-state index contributed by atoms with van der Waals surface area (Å²) in [5.41, 5.74) is 2.25. The Labute approximate surface area is 184 Å². The monoisotopic (exact) mass is 432 g/mol. The first-order valence-corrected chi connectivity index (χ1v) is 10.2. The minimum atomic E-state index is -2.43. The molecule has 162 valence electrons. The zero-order valence-electron chi connectivity index (χ0n) is 17.5. The van der Waals surface area contributed by atoms with Gasteiger partial charge in [0.25, 0.3) is 5.91 Å². The number of hydrogen-bond donors (Lipinski definition) is 1. The Morgan fingerprint density at radius 2 is 1.94 bits per heavy atom. The maximum absolute atomic E-state index is 13.7. The highest BCUT2D eigenvalue weighted by Gasteiger charge is 2.24. The summed E-state index contributed by atoms with van der Waals surface area (Å²) in [6.45, 7) is 2.84. The van der Waals surface area contributed by atoms with Crippen molar-refractivity contribution < 1.29 is 13.9 Å². The average molecular weight is 432 g/mol. The van der Waals surface area contributed by atoms with E-state index in [4.69, 9.17) is 10.00 Å². The van der Waals surface area contributed by atoms with Gasteiger partial charge in [0.05, 0.1) is 17.5 Å². The maximum atomic E-state index is 13.7. The lowest BCUT2D eigenvalue weighted by Gasteiger charge is -2.20. The molecule has 9 heteroatoms. The van der Waals surface area contributed by atoms with E-state index in [2.05, 4.69) is 25.2 Å². The minimum absolute atomic E-state index is 0.177. The molecule has 32 heavy (non-hydrogen) atoms. The van der Waals surface area contributed by atoms with Gasteiger partial charge in [-0.1, -0.05) is 0 Å². The van der Waals surface area contributed by atoms with Crippen molar-refractivity contribution in [3.63, 3.8) is 0 Å². The number of alkyl halides is 1. The minimum Gasteiger partial charge on any atom is -0.446 e. The highest BCUT2D eigenvalue weighted by atomic mass is 19.2. The summed E-state index contributed by atoms with van der Waals surface area (Å²) in [5.74, 6) is -1.81. The van der Waals surface area contributed by atoms with Crippen molar-refractivity contribution in [1.82, 2.24) is 15.0 Å². The molecule has 1 amide bonds. The highest BCUT2D eigenvalue weighted by molar-refractivity contribution is 6.05. The van der Waals surface area contributed by atoms with E-state index >= 15 is 0 Å². The van der Waals surface area contributed by atoms with Crippen molar-refractivity contribution in [3.05, 3.63) is 60.7 Å². The number of carbonyl (C=O) groups excluding carboxylic acids is 1. The van der Waals surface area contributed by atoms with Gasteiger partial charge < -0.3 is 15.0 Å². The van der Waals surface area contributed by atoms with Crippen molar-refractivity contribution in [3.8, 4) is 23.1 Å². The van der Waals surface area contributed by atoms with Crippen molar-refractivity contribution in [2.45, 2.75) is 25.6 Å². The topological polar surface area (TPSA) is 104 Å². The fraction of sp³-hybridized carbons (Fsp3) is 0.261.